The van der Waals surface area contributed by atoms with Gasteiger partial charge in [0, 0.05) is 5.88 Å². The highest BCUT2D eigenvalue weighted by molar-refractivity contribution is 6.87. The van der Waals surface area contributed by atoms with Crippen LogP contribution in [0, 0.1) is 0 Å². The third kappa shape index (κ3) is 10.9. The lowest BCUT2D eigenvalue weighted by atomic mass is 10.2. The summed E-state index contributed by atoms with van der Waals surface area (Å²) in [5, 5.41) is 8.90. The number of unbranched alkanes of at least 4 members (excludes halogenated alkanes) is 1. The number of alkyl halides is 1. The van der Waals surface area contributed by atoms with Crippen LogP contribution in [-0.4, -0.2) is 34.2 Å². The van der Waals surface area contributed by atoms with Crippen molar-refractivity contribution in [2.45, 2.75) is 90.6 Å². The maximum Gasteiger partial charge on any atom is 0.178 e. The minimum atomic E-state index is -1.59. The Morgan fingerprint density at radius 2 is 1.33 bits per heavy atom. The standard InChI is InChI=1S/C12H30OSi2.C7H11ClO/c1-11(2,3)14(7,8)13-15(9,10)12(4,5)6;8-6-4-2-1-3-5-7-9/h1-10H3;1,5,9H,2,4,6-7H2. The lowest BCUT2D eigenvalue weighted by Crippen LogP contribution is -2.53. The summed E-state index contributed by atoms with van der Waals surface area (Å²) in [5.41, 5.74) is 2.81. The highest BCUT2D eigenvalue weighted by Gasteiger charge is 2.46. The van der Waals surface area contributed by atoms with Crippen molar-refractivity contribution in [3.05, 3.63) is 17.9 Å². The van der Waals surface area contributed by atoms with Crippen LogP contribution in [0.15, 0.2) is 17.9 Å². The van der Waals surface area contributed by atoms with Crippen LogP contribution in [-0.2, 0) is 4.12 Å². The van der Waals surface area contributed by atoms with E-state index >= 15 is 0 Å². The van der Waals surface area contributed by atoms with Crippen molar-refractivity contribution >= 4 is 28.2 Å². The van der Waals surface area contributed by atoms with Gasteiger partial charge in [0.1, 0.15) is 0 Å². The van der Waals surface area contributed by atoms with Gasteiger partial charge >= 0.3 is 0 Å². The maximum absolute atomic E-state index is 8.26. The summed E-state index contributed by atoms with van der Waals surface area (Å²) in [6, 6.07) is 0. The maximum atomic E-state index is 8.26. The molecule has 0 unspecified atom stereocenters. The molecule has 0 amide bonds. The molecule has 0 aliphatic heterocycles. The van der Waals surface area contributed by atoms with Gasteiger partial charge in [-0.25, -0.2) is 0 Å². The van der Waals surface area contributed by atoms with Gasteiger partial charge in [-0.3, -0.25) is 0 Å². The summed E-state index contributed by atoms with van der Waals surface area (Å²) in [5.74, 6) is 0.692. The van der Waals surface area contributed by atoms with Crippen molar-refractivity contribution in [2.24, 2.45) is 0 Å². The molecule has 0 aromatic heterocycles. The van der Waals surface area contributed by atoms with Crippen LogP contribution in [0.3, 0.4) is 0 Å². The molecule has 0 rings (SSSR count). The van der Waals surface area contributed by atoms with E-state index in [1.54, 1.807) is 6.08 Å². The van der Waals surface area contributed by atoms with Gasteiger partial charge in [-0.1, -0.05) is 41.5 Å². The molecule has 24 heavy (non-hydrogen) atoms. The molecule has 0 saturated carbocycles. The van der Waals surface area contributed by atoms with Crippen molar-refractivity contribution in [2.75, 3.05) is 12.5 Å². The molecule has 0 atom stereocenters. The van der Waals surface area contributed by atoms with E-state index in [9.17, 15) is 0 Å². The Hall–Kier alpha value is 0.164. The molecule has 1 N–H and O–H groups in total. The minimum absolute atomic E-state index is 0.0668. The highest BCUT2D eigenvalue weighted by Crippen LogP contribution is 2.44. The average Bonchev–Trinajstić information content (AvgIpc) is 2.35. The first kappa shape index (κ1) is 26.4. The Labute approximate surface area is 158 Å². The summed E-state index contributed by atoms with van der Waals surface area (Å²) in [6.07, 6.45) is 5.38. The zero-order valence-electron chi connectivity index (χ0n) is 17.7. The Bertz CT molecular complexity index is 375. The molecule has 144 valence electrons. The van der Waals surface area contributed by atoms with E-state index in [1.165, 1.54) is 0 Å². The number of halogens is 1. The van der Waals surface area contributed by atoms with Crippen LogP contribution >= 0.6 is 11.6 Å². The fourth-order valence-corrected chi connectivity index (χ4v) is 9.05. The summed E-state index contributed by atoms with van der Waals surface area (Å²) in [7, 11) is -3.18. The van der Waals surface area contributed by atoms with Crippen molar-refractivity contribution in [1.29, 1.82) is 0 Å². The van der Waals surface area contributed by atoms with Crippen LogP contribution in [0.4, 0.5) is 0 Å². The summed E-state index contributed by atoms with van der Waals surface area (Å²) in [4.78, 5) is 0. The highest BCUT2D eigenvalue weighted by atomic mass is 35.5. The number of rotatable bonds is 6. The molecule has 2 nitrogen and oxygen atoms in total. The number of aliphatic hydroxyl groups is 1. The molecule has 0 radical (unpaired) electrons. The first-order valence-electron chi connectivity index (χ1n) is 8.89. The molecule has 0 aromatic carbocycles. The Balaban J connectivity index is 0. The zero-order valence-corrected chi connectivity index (χ0v) is 20.5. The van der Waals surface area contributed by atoms with Gasteiger partial charge in [0.2, 0.25) is 0 Å². The van der Waals surface area contributed by atoms with Gasteiger partial charge in [0.25, 0.3) is 0 Å². The second-order valence-electron chi connectivity index (χ2n) is 9.21. The van der Waals surface area contributed by atoms with E-state index in [2.05, 4.69) is 73.5 Å². The summed E-state index contributed by atoms with van der Waals surface area (Å²) >= 11 is 5.41. The minimum Gasteiger partial charge on any atom is -0.455 e. The van der Waals surface area contributed by atoms with Crippen LogP contribution in [0.1, 0.15) is 54.4 Å². The van der Waals surface area contributed by atoms with Crippen LogP contribution in [0.2, 0.25) is 36.3 Å². The van der Waals surface area contributed by atoms with E-state index in [-0.39, 0.29) is 6.61 Å². The normalized spacial score (nSPS) is 12.8. The van der Waals surface area contributed by atoms with Crippen LogP contribution in [0.25, 0.3) is 0 Å². The molecule has 0 aromatic rings. The molecule has 0 heterocycles. The lowest BCUT2D eigenvalue weighted by Gasteiger charge is -2.47. The smallest absolute Gasteiger partial charge is 0.178 e. The van der Waals surface area contributed by atoms with Gasteiger partial charge < -0.3 is 9.22 Å². The van der Waals surface area contributed by atoms with Crippen molar-refractivity contribution in [3.63, 3.8) is 0 Å². The van der Waals surface area contributed by atoms with Gasteiger partial charge in [0.15, 0.2) is 16.6 Å². The second-order valence-corrected chi connectivity index (χ2v) is 19.4. The summed E-state index contributed by atoms with van der Waals surface area (Å²) in [6.45, 7) is 23.4. The average molecular weight is 393 g/mol. The molecular weight excluding hydrogens is 352 g/mol. The fraction of sp³-hybridized carbons (Fsp3) is 0.842. The van der Waals surface area contributed by atoms with E-state index in [1.807, 2.05) is 6.08 Å². The molecular formula is C19H41ClO2Si2. The van der Waals surface area contributed by atoms with Crippen LogP contribution < -0.4 is 0 Å². The molecule has 0 bridgehead atoms. The molecule has 0 fully saturated rings. The largest absolute Gasteiger partial charge is 0.455 e. The number of hydrogen-bond acceptors (Lipinski definition) is 2. The third-order valence-electron chi connectivity index (χ3n) is 4.93. The first-order chi connectivity index (χ1) is 10.6. The predicted octanol–water partition coefficient (Wildman–Crippen LogP) is 6.72. The molecule has 0 aliphatic rings. The molecule has 0 aliphatic carbocycles. The fourth-order valence-electron chi connectivity index (χ4n) is 1.34. The molecule has 0 saturated heterocycles. The van der Waals surface area contributed by atoms with Crippen molar-refractivity contribution in [3.8, 4) is 0 Å². The van der Waals surface area contributed by atoms with E-state index < -0.39 is 16.6 Å². The molecule has 0 spiro atoms. The van der Waals surface area contributed by atoms with E-state index in [0.29, 0.717) is 16.0 Å². The predicted molar refractivity (Wildman–Crippen MR) is 115 cm³/mol. The second kappa shape index (κ2) is 11.0. The van der Waals surface area contributed by atoms with Gasteiger partial charge in [0.05, 0.1) is 6.61 Å². The van der Waals surface area contributed by atoms with Crippen LogP contribution in [0.5, 0.6) is 0 Å². The van der Waals surface area contributed by atoms with Crippen molar-refractivity contribution < 1.29 is 9.22 Å². The zero-order chi connectivity index (χ0) is 19.7. The Morgan fingerprint density at radius 3 is 1.62 bits per heavy atom. The monoisotopic (exact) mass is 392 g/mol. The molecule has 5 heteroatoms. The SMILES string of the molecule is CC(C)(C)[Si](C)(C)O[Si](C)(C)C(C)(C)C.OCC=C=CCCCCl. The van der Waals surface area contributed by atoms with E-state index in [4.69, 9.17) is 20.8 Å². The van der Waals surface area contributed by atoms with Gasteiger partial charge in [-0.2, -0.15) is 0 Å². The number of aliphatic hydroxyl groups excluding tert-OH is 1. The lowest BCUT2D eigenvalue weighted by molar-refractivity contribution is 0.343. The van der Waals surface area contributed by atoms with Crippen molar-refractivity contribution in [1.82, 2.24) is 0 Å². The van der Waals surface area contributed by atoms with E-state index in [0.717, 1.165) is 12.8 Å². The van der Waals surface area contributed by atoms with Gasteiger partial charge in [-0.05, 0) is 61.3 Å². The summed E-state index contributed by atoms with van der Waals surface area (Å²) < 4.78 is 6.63. The quantitative estimate of drug-likeness (QED) is 0.235. The number of hydrogen-bond donors (Lipinski definition) is 1. The Morgan fingerprint density at radius 1 is 0.917 bits per heavy atom. The topological polar surface area (TPSA) is 29.5 Å². The Kier molecular flexibility index (Phi) is 12.1. The van der Waals surface area contributed by atoms with Gasteiger partial charge in [-0.15, -0.1) is 17.3 Å². The first-order valence-corrected chi connectivity index (χ1v) is 15.2. The third-order valence-corrected chi connectivity index (χ3v) is 16.5.